The average Bonchev–Trinajstić information content (AvgIpc) is 2.32. The number of rotatable bonds is 0. The smallest absolute Gasteiger partial charge is 0.0145 e. The molecule has 0 aromatic rings. The van der Waals surface area contributed by atoms with Crippen LogP contribution in [0, 0.1) is 5.92 Å². The number of hydrogen-bond donors (Lipinski definition) is 0. The molecule has 0 spiro atoms. The van der Waals surface area contributed by atoms with E-state index in [4.69, 9.17) is 0 Å². The Morgan fingerprint density at radius 1 is 1.09 bits per heavy atom. The number of piperidine rings is 1. The molecule has 11 heavy (non-hydrogen) atoms. The Kier molecular flexibility index (Phi) is 1.90. The predicted molar refractivity (Wildman–Crippen MR) is 46.6 cm³/mol. The highest BCUT2D eigenvalue weighted by atomic mass is 15.2. The van der Waals surface area contributed by atoms with Gasteiger partial charge in [-0.1, -0.05) is 0 Å². The van der Waals surface area contributed by atoms with Gasteiger partial charge in [-0.3, -0.25) is 0 Å². The van der Waals surface area contributed by atoms with Crippen LogP contribution in [0.4, 0.5) is 0 Å². The first-order chi connectivity index (χ1) is 5.27. The van der Waals surface area contributed by atoms with E-state index in [0.29, 0.717) is 0 Å². The quantitative estimate of drug-likeness (QED) is 0.505. The molecule has 0 aliphatic carbocycles. The largest absolute Gasteiger partial charge is 0.306 e. The molecule has 0 aromatic heterocycles. The maximum Gasteiger partial charge on any atom is 0.0145 e. The second-order valence-electron chi connectivity index (χ2n) is 4.15. The zero-order chi connectivity index (χ0) is 7.84. The highest BCUT2D eigenvalue weighted by Gasteiger charge is 2.34. The molecule has 2 atom stereocenters. The molecule has 2 fully saturated rings. The molecule has 0 aromatic carbocycles. The van der Waals surface area contributed by atoms with Crippen molar-refractivity contribution in [2.24, 2.45) is 5.92 Å². The molecular formula is C9H18N2. The summed E-state index contributed by atoms with van der Waals surface area (Å²) in [4.78, 5) is 5.01. The van der Waals surface area contributed by atoms with Crippen molar-refractivity contribution >= 4 is 0 Å². The molecular weight excluding hydrogens is 136 g/mol. The standard InChI is InChI=1S/C9H18N2/c1-10-5-4-9-8(7-10)3-6-11(9)2/h8-9H,3-7H2,1-2H3. The minimum atomic E-state index is 0.909. The molecule has 0 saturated carbocycles. The molecule has 2 aliphatic rings. The predicted octanol–water partition coefficient (Wildman–Crippen LogP) is 0.642. The molecule has 0 amide bonds. The minimum absolute atomic E-state index is 0.909. The zero-order valence-corrected chi connectivity index (χ0v) is 7.58. The summed E-state index contributed by atoms with van der Waals surface area (Å²) in [6.07, 6.45) is 2.81. The van der Waals surface area contributed by atoms with Crippen LogP contribution < -0.4 is 0 Å². The van der Waals surface area contributed by atoms with Gasteiger partial charge in [0.15, 0.2) is 0 Å². The van der Waals surface area contributed by atoms with E-state index in [0.717, 1.165) is 12.0 Å². The van der Waals surface area contributed by atoms with Crippen molar-refractivity contribution in [1.29, 1.82) is 0 Å². The van der Waals surface area contributed by atoms with Crippen LogP contribution in [0.2, 0.25) is 0 Å². The highest BCUT2D eigenvalue weighted by molar-refractivity contribution is 4.90. The maximum absolute atomic E-state index is 2.54. The summed E-state index contributed by atoms with van der Waals surface area (Å²) in [6, 6.07) is 0.909. The summed E-state index contributed by atoms with van der Waals surface area (Å²) in [7, 11) is 4.52. The molecule has 0 radical (unpaired) electrons. The molecule has 2 aliphatic heterocycles. The van der Waals surface area contributed by atoms with Gasteiger partial charge < -0.3 is 9.80 Å². The van der Waals surface area contributed by atoms with Crippen molar-refractivity contribution in [1.82, 2.24) is 9.80 Å². The van der Waals surface area contributed by atoms with E-state index >= 15 is 0 Å². The summed E-state index contributed by atoms with van der Waals surface area (Å²) in [5.41, 5.74) is 0. The van der Waals surface area contributed by atoms with Gasteiger partial charge in [-0.05, 0) is 45.9 Å². The monoisotopic (exact) mass is 154 g/mol. The topological polar surface area (TPSA) is 6.48 Å². The first-order valence-corrected chi connectivity index (χ1v) is 4.66. The van der Waals surface area contributed by atoms with Crippen molar-refractivity contribution in [3.05, 3.63) is 0 Å². The summed E-state index contributed by atoms with van der Waals surface area (Å²) >= 11 is 0. The first kappa shape index (κ1) is 7.56. The lowest BCUT2D eigenvalue weighted by Gasteiger charge is -2.34. The fourth-order valence-electron chi connectivity index (χ4n) is 2.60. The Bertz CT molecular complexity index is 146. The summed E-state index contributed by atoms with van der Waals surface area (Å²) in [5, 5.41) is 0. The first-order valence-electron chi connectivity index (χ1n) is 4.66. The van der Waals surface area contributed by atoms with Gasteiger partial charge in [-0.15, -0.1) is 0 Å². The summed E-state index contributed by atoms with van der Waals surface area (Å²) < 4.78 is 0. The molecule has 0 N–H and O–H groups in total. The highest BCUT2D eigenvalue weighted by Crippen LogP contribution is 2.29. The van der Waals surface area contributed by atoms with Crippen LogP contribution in [0.25, 0.3) is 0 Å². The van der Waals surface area contributed by atoms with Crippen molar-refractivity contribution in [3.8, 4) is 0 Å². The van der Waals surface area contributed by atoms with Crippen molar-refractivity contribution in [2.75, 3.05) is 33.7 Å². The molecule has 2 unspecified atom stereocenters. The molecule has 2 nitrogen and oxygen atoms in total. The van der Waals surface area contributed by atoms with E-state index in [1.54, 1.807) is 0 Å². The lowest BCUT2D eigenvalue weighted by molar-refractivity contribution is 0.145. The van der Waals surface area contributed by atoms with Gasteiger partial charge in [-0.25, -0.2) is 0 Å². The van der Waals surface area contributed by atoms with Crippen LogP contribution in [0.3, 0.4) is 0 Å². The van der Waals surface area contributed by atoms with Crippen molar-refractivity contribution in [2.45, 2.75) is 18.9 Å². The van der Waals surface area contributed by atoms with Crippen LogP contribution in [-0.4, -0.2) is 49.6 Å². The van der Waals surface area contributed by atoms with Crippen LogP contribution in [0.5, 0.6) is 0 Å². The Hall–Kier alpha value is -0.0800. The third-order valence-electron chi connectivity index (χ3n) is 3.32. The minimum Gasteiger partial charge on any atom is -0.306 e. The molecule has 2 rings (SSSR count). The number of hydrogen-bond acceptors (Lipinski definition) is 2. The fourth-order valence-corrected chi connectivity index (χ4v) is 2.60. The van der Waals surface area contributed by atoms with E-state index < -0.39 is 0 Å². The van der Waals surface area contributed by atoms with Crippen LogP contribution in [-0.2, 0) is 0 Å². The Balaban J connectivity index is 2.00. The zero-order valence-electron chi connectivity index (χ0n) is 7.58. The Labute approximate surface area is 69.2 Å². The molecule has 2 heterocycles. The number of nitrogens with zero attached hydrogens (tertiary/aromatic N) is 2. The van der Waals surface area contributed by atoms with E-state index in [9.17, 15) is 0 Å². The van der Waals surface area contributed by atoms with Gasteiger partial charge in [0.2, 0.25) is 0 Å². The lowest BCUT2D eigenvalue weighted by Crippen LogP contribution is -2.43. The van der Waals surface area contributed by atoms with Gasteiger partial charge in [0.1, 0.15) is 0 Å². The summed E-state index contributed by atoms with van der Waals surface area (Å²) in [6.45, 7) is 3.95. The van der Waals surface area contributed by atoms with E-state index in [2.05, 4.69) is 23.9 Å². The fraction of sp³-hybridized carbons (Fsp3) is 1.00. The van der Waals surface area contributed by atoms with Gasteiger partial charge in [-0.2, -0.15) is 0 Å². The SMILES string of the molecule is CN1CCC2C(CCN2C)C1. The van der Waals surface area contributed by atoms with Crippen LogP contribution >= 0.6 is 0 Å². The maximum atomic E-state index is 2.54. The van der Waals surface area contributed by atoms with Crippen LogP contribution in [0.15, 0.2) is 0 Å². The summed E-state index contributed by atoms with van der Waals surface area (Å²) in [5.74, 6) is 0.971. The van der Waals surface area contributed by atoms with E-state index in [-0.39, 0.29) is 0 Å². The van der Waals surface area contributed by atoms with Crippen LogP contribution in [0.1, 0.15) is 12.8 Å². The number of fused-ring (bicyclic) bond motifs is 1. The molecule has 64 valence electrons. The van der Waals surface area contributed by atoms with E-state index in [1.807, 2.05) is 0 Å². The second-order valence-corrected chi connectivity index (χ2v) is 4.15. The van der Waals surface area contributed by atoms with Gasteiger partial charge in [0.05, 0.1) is 0 Å². The van der Waals surface area contributed by atoms with Crippen molar-refractivity contribution < 1.29 is 0 Å². The van der Waals surface area contributed by atoms with E-state index in [1.165, 1.54) is 32.5 Å². The normalized spacial score (nSPS) is 40.9. The lowest BCUT2D eigenvalue weighted by atomic mass is 9.93. The van der Waals surface area contributed by atoms with Gasteiger partial charge >= 0.3 is 0 Å². The average molecular weight is 154 g/mol. The van der Waals surface area contributed by atoms with Gasteiger partial charge in [0, 0.05) is 12.6 Å². The Morgan fingerprint density at radius 2 is 1.91 bits per heavy atom. The van der Waals surface area contributed by atoms with Gasteiger partial charge in [0.25, 0.3) is 0 Å². The molecule has 0 bridgehead atoms. The third-order valence-corrected chi connectivity index (χ3v) is 3.32. The molecule has 2 heteroatoms. The second kappa shape index (κ2) is 2.76. The third kappa shape index (κ3) is 1.30. The Morgan fingerprint density at radius 3 is 2.73 bits per heavy atom. The number of likely N-dealkylation sites (tertiary alicyclic amines) is 2. The van der Waals surface area contributed by atoms with Crippen molar-refractivity contribution in [3.63, 3.8) is 0 Å². The molecule has 2 saturated heterocycles.